The first-order chi connectivity index (χ1) is 8.34. The van der Waals surface area contributed by atoms with Crippen molar-refractivity contribution in [3.05, 3.63) is 35.4 Å². The van der Waals surface area contributed by atoms with Crippen LogP contribution in [-0.4, -0.2) is 23.2 Å². The normalized spacial score (nSPS) is 13.4. The van der Waals surface area contributed by atoms with E-state index in [1.165, 1.54) is 0 Å². The molecule has 0 spiro atoms. The van der Waals surface area contributed by atoms with E-state index in [0.717, 1.165) is 22.6 Å². The van der Waals surface area contributed by atoms with Gasteiger partial charge >= 0.3 is 0 Å². The third-order valence-corrected chi connectivity index (χ3v) is 2.91. The Hall–Kier alpha value is -1.88. The van der Waals surface area contributed by atoms with Gasteiger partial charge < -0.3 is 14.5 Å². The molecule has 5 heteroatoms. The van der Waals surface area contributed by atoms with E-state index in [9.17, 15) is 0 Å². The summed E-state index contributed by atoms with van der Waals surface area (Å²) < 4.78 is 11.7. The zero-order valence-electron chi connectivity index (χ0n) is 8.97. The average Bonchev–Trinajstić information content (AvgIpc) is 2.39. The molecule has 0 unspecified atom stereocenters. The van der Waals surface area contributed by atoms with Gasteiger partial charge in [-0.1, -0.05) is 18.3 Å². The molecule has 0 saturated carbocycles. The fourth-order valence-electron chi connectivity index (χ4n) is 1.76. The fraction of sp³-hybridized carbons (Fsp3) is 0.167. The summed E-state index contributed by atoms with van der Waals surface area (Å²) in [5, 5.41) is 0. The molecule has 0 amide bonds. The SMILES string of the molecule is S=c1[nH]cncc1-c1ccc2c(c1)OCCO2. The van der Waals surface area contributed by atoms with E-state index in [1.54, 1.807) is 12.5 Å². The van der Waals surface area contributed by atoms with Gasteiger partial charge in [0.05, 0.1) is 6.33 Å². The van der Waals surface area contributed by atoms with E-state index in [2.05, 4.69) is 9.97 Å². The molecule has 1 aromatic carbocycles. The number of aromatic nitrogens is 2. The van der Waals surface area contributed by atoms with Crippen LogP contribution >= 0.6 is 12.2 Å². The van der Waals surface area contributed by atoms with Crippen LogP contribution in [0.3, 0.4) is 0 Å². The second-order valence-corrected chi connectivity index (χ2v) is 4.06. The third kappa shape index (κ3) is 1.89. The van der Waals surface area contributed by atoms with Crippen molar-refractivity contribution in [1.29, 1.82) is 0 Å². The number of fused-ring (bicyclic) bond motifs is 1. The summed E-state index contributed by atoms with van der Waals surface area (Å²) in [7, 11) is 0. The zero-order chi connectivity index (χ0) is 11.7. The second kappa shape index (κ2) is 4.18. The maximum absolute atomic E-state index is 5.54. The van der Waals surface area contributed by atoms with E-state index in [0.29, 0.717) is 17.9 Å². The average molecular weight is 246 g/mol. The number of nitrogens with zero attached hydrogens (tertiary/aromatic N) is 1. The van der Waals surface area contributed by atoms with Gasteiger partial charge in [0.25, 0.3) is 0 Å². The number of hydrogen-bond donors (Lipinski definition) is 1. The summed E-state index contributed by atoms with van der Waals surface area (Å²) in [5.41, 5.74) is 1.86. The lowest BCUT2D eigenvalue weighted by atomic mass is 10.1. The number of ether oxygens (including phenoxy) is 2. The maximum Gasteiger partial charge on any atom is 0.161 e. The van der Waals surface area contributed by atoms with Crippen molar-refractivity contribution in [2.75, 3.05) is 13.2 Å². The molecule has 1 aromatic heterocycles. The molecule has 17 heavy (non-hydrogen) atoms. The molecule has 0 bridgehead atoms. The van der Waals surface area contributed by atoms with E-state index in [1.807, 2.05) is 18.2 Å². The maximum atomic E-state index is 5.54. The molecule has 0 atom stereocenters. The number of rotatable bonds is 1. The van der Waals surface area contributed by atoms with Gasteiger partial charge in [-0.15, -0.1) is 0 Å². The van der Waals surface area contributed by atoms with Crippen LogP contribution in [-0.2, 0) is 0 Å². The Morgan fingerprint density at radius 1 is 1.18 bits per heavy atom. The molecule has 86 valence electrons. The van der Waals surface area contributed by atoms with Crippen molar-refractivity contribution >= 4 is 12.2 Å². The molecule has 1 N–H and O–H groups in total. The molecule has 0 saturated heterocycles. The molecule has 0 aliphatic carbocycles. The Morgan fingerprint density at radius 2 is 2.00 bits per heavy atom. The first kappa shape index (κ1) is 10.3. The van der Waals surface area contributed by atoms with Crippen LogP contribution in [0.15, 0.2) is 30.7 Å². The van der Waals surface area contributed by atoms with Crippen LogP contribution in [0, 0.1) is 4.64 Å². The summed E-state index contributed by atoms with van der Waals surface area (Å²) in [6, 6.07) is 5.77. The number of aromatic amines is 1. The first-order valence-corrected chi connectivity index (χ1v) is 5.68. The van der Waals surface area contributed by atoms with Crippen LogP contribution in [0.25, 0.3) is 11.1 Å². The topological polar surface area (TPSA) is 47.1 Å². The molecule has 2 aromatic rings. The standard InChI is InChI=1S/C12H10N2O2S/c17-12-9(6-13-7-14-12)8-1-2-10-11(5-8)16-4-3-15-10/h1-2,5-7H,3-4H2,(H,13,14,17). The molecular formula is C12H10N2O2S. The molecule has 1 aliphatic heterocycles. The van der Waals surface area contributed by atoms with Crippen LogP contribution < -0.4 is 9.47 Å². The van der Waals surface area contributed by atoms with Crippen molar-refractivity contribution in [1.82, 2.24) is 9.97 Å². The predicted molar refractivity (Wildman–Crippen MR) is 65.8 cm³/mol. The Labute approximate surface area is 103 Å². The lowest BCUT2D eigenvalue weighted by Gasteiger charge is -2.18. The van der Waals surface area contributed by atoms with E-state index in [-0.39, 0.29) is 0 Å². The number of H-pyrrole nitrogens is 1. The molecule has 0 fully saturated rings. The Morgan fingerprint density at radius 3 is 2.82 bits per heavy atom. The quantitative estimate of drug-likeness (QED) is 0.786. The van der Waals surface area contributed by atoms with Crippen molar-refractivity contribution < 1.29 is 9.47 Å². The summed E-state index contributed by atoms with van der Waals surface area (Å²) in [6.45, 7) is 1.18. The molecule has 1 aliphatic rings. The first-order valence-electron chi connectivity index (χ1n) is 5.27. The van der Waals surface area contributed by atoms with E-state index >= 15 is 0 Å². The highest BCUT2D eigenvalue weighted by Crippen LogP contribution is 2.34. The number of hydrogen-bond acceptors (Lipinski definition) is 4. The van der Waals surface area contributed by atoms with Crippen molar-refractivity contribution in [2.45, 2.75) is 0 Å². The highest BCUT2D eigenvalue weighted by molar-refractivity contribution is 7.71. The largest absolute Gasteiger partial charge is 0.486 e. The Bertz CT molecular complexity index is 609. The zero-order valence-corrected chi connectivity index (χ0v) is 9.79. The van der Waals surface area contributed by atoms with Crippen LogP contribution in [0.5, 0.6) is 11.5 Å². The summed E-state index contributed by atoms with van der Waals surface area (Å²) in [5.74, 6) is 1.53. The van der Waals surface area contributed by atoms with Crippen molar-refractivity contribution in [3.8, 4) is 22.6 Å². The van der Waals surface area contributed by atoms with Gasteiger partial charge in [0.15, 0.2) is 11.5 Å². The third-order valence-electron chi connectivity index (χ3n) is 2.57. The summed E-state index contributed by atoms with van der Waals surface area (Å²) in [6.07, 6.45) is 3.31. The van der Waals surface area contributed by atoms with Gasteiger partial charge in [0.1, 0.15) is 17.9 Å². The fourth-order valence-corrected chi connectivity index (χ4v) is 1.98. The number of nitrogens with one attached hydrogen (secondary N) is 1. The van der Waals surface area contributed by atoms with Crippen molar-refractivity contribution in [3.63, 3.8) is 0 Å². The Kier molecular flexibility index (Phi) is 2.53. The smallest absolute Gasteiger partial charge is 0.161 e. The van der Waals surface area contributed by atoms with Gasteiger partial charge in [-0.2, -0.15) is 0 Å². The molecule has 0 radical (unpaired) electrons. The summed E-state index contributed by atoms with van der Waals surface area (Å²) >= 11 is 5.22. The number of benzene rings is 1. The van der Waals surface area contributed by atoms with Crippen LogP contribution in [0.4, 0.5) is 0 Å². The van der Waals surface area contributed by atoms with Gasteiger partial charge in [-0.3, -0.25) is 0 Å². The van der Waals surface area contributed by atoms with Crippen LogP contribution in [0.1, 0.15) is 0 Å². The van der Waals surface area contributed by atoms with Crippen LogP contribution in [0.2, 0.25) is 0 Å². The highest BCUT2D eigenvalue weighted by Gasteiger charge is 2.12. The molecule has 4 nitrogen and oxygen atoms in total. The minimum atomic E-state index is 0.580. The molecular weight excluding hydrogens is 236 g/mol. The van der Waals surface area contributed by atoms with E-state index in [4.69, 9.17) is 21.7 Å². The Balaban J connectivity index is 2.10. The van der Waals surface area contributed by atoms with Crippen molar-refractivity contribution in [2.24, 2.45) is 0 Å². The van der Waals surface area contributed by atoms with Gasteiger partial charge in [-0.05, 0) is 17.7 Å². The second-order valence-electron chi connectivity index (χ2n) is 3.65. The lowest BCUT2D eigenvalue weighted by Crippen LogP contribution is -2.15. The lowest BCUT2D eigenvalue weighted by molar-refractivity contribution is 0.171. The highest BCUT2D eigenvalue weighted by atomic mass is 32.1. The monoisotopic (exact) mass is 246 g/mol. The predicted octanol–water partition coefficient (Wildman–Crippen LogP) is 2.58. The summed E-state index contributed by atoms with van der Waals surface area (Å²) in [4.78, 5) is 6.95. The van der Waals surface area contributed by atoms with E-state index < -0.39 is 0 Å². The minimum absolute atomic E-state index is 0.580. The van der Waals surface area contributed by atoms with Gasteiger partial charge in [0, 0.05) is 11.8 Å². The molecule has 3 rings (SSSR count). The molecule has 2 heterocycles. The minimum Gasteiger partial charge on any atom is -0.486 e. The van der Waals surface area contributed by atoms with Gasteiger partial charge in [-0.25, -0.2) is 4.98 Å². The van der Waals surface area contributed by atoms with Gasteiger partial charge in [0.2, 0.25) is 0 Å².